The predicted molar refractivity (Wildman–Crippen MR) is 58.2 cm³/mol. The van der Waals surface area contributed by atoms with Crippen LogP contribution in [0.5, 0.6) is 0 Å². The fourth-order valence-electron chi connectivity index (χ4n) is 3.01. The highest BCUT2D eigenvalue weighted by molar-refractivity contribution is 4.89. The van der Waals surface area contributed by atoms with E-state index in [1.165, 1.54) is 32.4 Å². The number of aliphatic hydroxyl groups is 1. The number of nitrogens with zero attached hydrogens (tertiary/aromatic N) is 1. The summed E-state index contributed by atoms with van der Waals surface area (Å²) in [6.07, 6.45) is 4.75. The summed E-state index contributed by atoms with van der Waals surface area (Å²) in [6.45, 7) is 7.07. The Hall–Kier alpha value is -0.0800. The molecule has 0 spiro atoms. The Morgan fingerprint density at radius 1 is 1.21 bits per heavy atom. The molecule has 3 atom stereocenters. The highest BCUT2D eigenvalue weighted by Gasteiger charge is 2.35. The smallest absolute Gasteiger partial charge is 0.0695 e. The zero-order valence-electron chi connectivity index (χ0n) is 9.45. The number of likely N-dealkylation sites (tertiary alicyclic amines) is 1. The fraction of sp³-hybridized carbons (Fsp3) is 1.00. The van der Waals surface area contributed by atoms with Gasteiger partial charge in [0.15, 0.2) is 0 Å². The number of hydrogen-bond acceptors (Lipinski definition) is 2. The molecule has 2 rings (SSSR count). The summed E-state index contributed by atoms with van der Waals surface area (Å²) >= 11 is 0. The van der Waals surface area contributed by atoms with E-state index in [0.717, 1.165) is 18.3 Å². The van der Waals surface area contributed by atoms with E-state index in [1.807, 2.05) is 0 Å². The van der Waals surface area contributed by atoms with Gasteiger partial charge in [0.2, 0.25) is 0 Å². The normalized spacial score (nSPS) is 39.9. The fourth-order valence-corrected chi connectivity index (χ4v) is 3.01. The van der Waals surface area contributed by atoms with Crippen LogP contribution in [0.25, 0.3) is 0 Å². The molecule has 0 aromatic rings. The lowest BCUT2D eigenvalue weighted by Crippen LogP contribution is -2.39. The molecule has 2 nitrogen and oxygen atoms in total. The average Bonchev–Trinajstić information content (AvgIpc) is 2.71. The topological polar surface area (TPSA) is 23.5 Å². The Labute approximate surface area is 87.3 Å². The molecule has 0 amide bonds. The van der Waals surface area contributed by atoms with E-state index in [-0.39, 0.29) is 6.10 Å². The first kappa shape index (κ1) is 10.4. The van der Waals surface area contributed by atoms with Crippen LogP contribution in [-0.2, 0) is 0 Å². The van der Waals surface area contributed by atoms with Gasteiger partial charge in [0.25, 0.3) is 0 Å². The molecule has 1 saturated carbocycles. The third-order valence-corrected chi connectivity index (χ3v) is 4.11. The quantitative estimate of drug-likeness (QED) is 0.730. The van der Waals surface area contributed by atoms with Crippen LogP contribution in [-0.4, -0.2) is 35.2 Å². The minimum Gasteiger partial charge on any atom is -0.391 e. The zero-order valence-corrected chi connectivity index (χ0v) is 9.45. The highest BCUT2D eigenvalue weighted by Crippen LogP contribution is 2.31. The van der Waals surface area contributed by atoms with Crippen molar-refractivity contribution in [1.29, 1.82) is 0 Å². The second-order valence-electron chi connectivity index (χ2n) is 5.35. The van der Waals surface area contributed by atoms with Crippen LogP contribution < -0.4 is 0 Å². The summed E-state index contributed by atoms with van der Waals surface area (Å²) in [5, 5.41) is 9.83. The Bertz CT molecular complexity index is 193. The second kappa shape index (κ2) is 4.19. The molecule has 0 aromatic carbocycles. The van der Waals surface area contributed by atoms with Gasteiger partial charge < -0.3 is 5.11 Å². The van der Waals surface area contributed by atoms with Crippen molar-refractivity contribution in [3.05, 3.63) is 0 Å². The van der Waals surface area contributed by atoms with Crippen LogP contribution in [0.2, 0.25) is 0 Å². The van der Waals surface area contributed by atoms with Crippen molar-refractivity contribution < 1.29 is 5.11 Å². The van der Waals surface area contributed by atoms with E-state index in [0.29, 0.717) is 6.04 Å². The van der Waals surface area contributed by atoms with Crippen LogP contribution in [0.1, 0.15) is 39.5 Å². The van der Waals surface area contributed by atoms with Gasteiger partial charge in [-0.05, 0) is 44.1 Å². The molecule has 14 heavy (non-hydrogen) atoms. The van der Waals surface area contributed by atoms with Gasteiger partial charge in [0, 0.05) is 12.6 Å². The van der Waals surface area contributed by atoms with E-state index in [2.05, 4.69) is 18.7 Å². The second-order valence-corrected chi connectivity index (χ2v) is 5.35. The van der Waals surface area contributed by atoms with Crippen LogP contribution in [0, 0.1) is 11.8 Å². The van der Waals surface area contributed by atoms with Crippen molar-refractivity contribution in [2.24, 2.45) is 11.8 Å². The monoisotopic (exact) mass is 197 g/mol. The summed E-state index contributed by atoms with van der Waals surface area (Å²) in [5.74, 6) is 1.67. The minimum absolute atomic E-state index is 0.0408. The van der Waals surface area contributed by atoms with Crippen molar-refractivity contribution in [2.45, 2.75) is 51.7 Å². The molecule has 1 unspecified atom stereocenters. The Balaban J connectivity index is 1.88. The van der Waals surface area contributed by atoms with Crippen molar-refractivity contribution in [3.8, 4) is 0 Å². The molecular weight excluding hydrogens is 174 g/mol. The van der Waals surface area contributed by atoms with Gasteiger partial charge in [-0.3, -0.25) is 4.90 Å². The van der Waals surface area contributed by atoms with Crippen molar-refractivity contribution in [2.75, 3.05) is 13.1 Å². The van der Waals surface area contributed by atoms with Gasteiger partial charge >= 0.3 is 0 Å². The Morgan fingerprint density at radius 2 is 2.00 bits per heavy atom. The van der Waals surface area contributed by atoms with E-state index in [4.69, 9.17) is 0 Å². The third-order valence-electron chi connectivity index (χ3n) is 4.11. The number of rotatable bonds is 2. The van der Waals surface area contributed by atoms with E-state index in [1.54, 1.807) is 0 Å². The van der Waals surface area contributed by atoms with Gasteiger partial charge in [-0.15, -0.1) is 0 Å². The molecule has 2 fully saturated rings. The van der Waals surface area contributed by atoms with Crippen LogP contribution in [0.4, 0.5) is 0 Å². The van der Waals surface area contributed by atoms with E-state index >= 15 is 0 Å². The Kier molecular flexibility index (Phi) is 3.13. The zero-order chi connectivity index (χ0) is 10.1. The van der Waals surface area contributed by atoms with Gasteiger partial charge in [-0.1, -0.05) is 13.8 Å². The summed E-state index contributed by atoms with van der Waals surface area (Å²) < 4.78 is 0. The van der Waals surface area contributed by atoms with E-state index in [9.17, 15) is 5.11 Å². The van der Waals surface area contributed by atoms with Gasteiger partial charge in [0.1, 0.15) is 0 Å². The van der Waals surface area contributed by atoms with Crippen molar-refractivity contribution >= 4 is 0 Å². The maximum absolute atomic E-state index is 9.83. The molecule has 2 heteroatoms. The molecular formula is C12H23NO. The molecule has 2 aliphatic rings. The summed E-state index contributed by atoms with van der Waals surface area (Å²) in [5.41, 5.74) is 0. The SMILES string of the molecule is CC(C)C1CCN([C@@H]2CCC[C@H]2O)C1. The third kappa shape index (κ3) is 1.96. The van der Waals surface area contributed by atoms with Crippen LogP contribution >= 0.6 is 0 Å². The summed E-state index contributed by atoms with van der Waals surface area (Å²) in [4.78, 5) is 2.53. The van der Waals surface area contributed by atoms with Gasteiger partial charge in [-0.25, -0.2) is 0 Å². The van der Waals surface area contributed by atoms with Crippen LogP contribution in [0.15, 0.2) is 0 Å². The molecule has 0 bridgehead atoms. The van der Waals surface area contributed by atoms with Crippen molar-refractivity contribution in [1.82, 2.24) is 4.90 Å². The molecule has 1 aliphatic carbocycles. The summed E-state index contributed by atoms with van der Waals surface area (Å²) in [6, 6.07) is 0.485. The molecule has 1 aliphatic heterocycles. The lowest BCUT2D eigenvalue weighted by molar-refractivity contribution is 0.0817. The first-order valence-electron chi connectivity index (χ1n) is 6.10. The molecule has 1 heterocycles. The molecule has 1 saturated heterocycles. The van der Waals surface area contributed by atoms with Crippen molar-refractivity contribution in [3.63, 3.8) is 0 Å². The maximum Gasteiger partial charge on any atom is 0.0695 e. The maximum atomic E-state index is 9.83. The lowest BCUT2D eigenvalue weighted by Gasteiger charge is -2.27. The predicted octanol–water partition coefficient (Wildman–Crippen LogP) is 1.88. The standard InChI is InChI=1S/C12H23NO/c1-9(2)10-6-7-13(8-10)11-4-3-5-12(11)14/h9-12,14H,3-8H2,1-2H3/t10?,11-,12-/m1/s1. The molecule has 0 radical (unpaired) electrons. The molecule has 1 N–H and O–H groups in total. The van der Waals surface area contributed by atoms with E-state index < -0.39 is 0 Å². The highest BCUT2D eigenvalue weighted by atomic mass is 16.3. The lowest BCUT2D eigenvalue weighted by atomic mass is 9.95. The minimum atomic E-state index is -0.0408. The van der Waals surface area contributed by atoms with Gasteiger partial charge in [0.05, 0.1) is 6.10 Å². The largest absolute Gasteiger partial charge is 0.391 e. The first-order valence-corrected chi connectivity index (χ1v) is 6.10. The number of hydrogen-bond donors (Lipinski definition) is 1. The summed E-state index contributed by atoms with van der Waals surface area (Å²) in [7, 11) is 0. The average molecular weight is 197 g/mol. The Morgan fingerprint density at radius 3 is 2.50 bits per heavy atom. The number of aliphatic hydroxyl groups excluding tert-OH is 1. The van der Waals surface area contributed by atoms with Gasteiger partial charge in [-0.2, -0.15) is 0 Å². The van der Waals surface area contributed by atoms with Crippen LogP contribution in [0.3, 0.4) is 0 Å². The first-order chi connectivity index (χ1) is 6.68. The molecule has 0 aromatic heterocycles. The molecule has 82 valence electrons.